The van der Waals surface area contributed by atoms with E-state index >= 15 is 0 Å². The second-order valence-electron chi connectivity index (χ2n) is 3.22. The molecule has 0 aliphatic carbocycles. The van der Waals surface area contributed by atoms with Crippen LogP contribution >= 0.6 is 12.2 Å². The van der Waals surface area contributed by atoms with Gasteiger partial charge < -0.3 is 15.1 Å². The van der Waals surface area contributed by atoms with E-state index in [9.17, 15) is 5.11 Å². The Morgan fingerprint density at radius 3 is 2.54 bits per heavy atom. The Balaban J connectivity index is 2.36. The highest BCUT2D eigenvalue weighted by atomic mass is 32.1. The largest absolute Gasteiger partial charge is 0.493 e. The molecule has 0 aliphatic rings. The van der Waals surface area contributed by atoms with E-state index in [1.54, 1.807) is 0 Å². The molecule has 1 aromatic heterocycles. The third-order valence-electron chi connectivity index (χ3n) is 2.06. The van der Waals surface area contributed by atoms with Crippen molar-refractivity contribution < 1.29 is 5.11 Å². The van der Waals surface area contributed by atoms with Crippen LogP contribution < -0.4 is 0 Å². The quantitative estimate of drug-likeness (QED) is 0.505. The van der Waals surface area contributed by atoms with Crippen LogP contribution in [0, 0.1) is 4.77 Å². The molecule has 0 aromatic carbocycles. The van der Waals surface area contributed by atoms with Crippen LogP contribution in [-0.4, -0.2) is 15.1 Å². The van der Waals surface area contributed by atoms with Crippen molar-refractivity contribution in [3.63, 3.8) is 0 Å². The fourth-order valence-corrected chi connectivity index (χ4v) is 1.54. The normalized spacial score (nSPS) is 10.5. The minimum atomic E-state index is 0.196. The first-order valence-electron chi connectivity index (χ1n) is 4.74. The number of nitrogens with one attached hydrogen (secondary N) is 2. The van der Waals surface area contributed by atoms with Gasteiger partial charge in [-0.05, 0) is 25.1 Å². The summed E-state index contributed by atoms with van der Waals surface area (Å²) in [5.74, 6) is 0.196. The summed E-state index contributed by atoms with van der Waals surface area (Å²) in [7, 11) is 0. The monoisotopic (exact) mass is 200 g/mol. The molecule has 0 saturated carbocycles. The van der Waals surface area contributed by atoms with Gasteiger partial charge in [0.05, 0.1) is 5.69 Å². The number of aromatic nitrogens is 2. The number of aryl methyl sites for hydroxylation is 1. The zero-order valence-corrected chi connectivity index (χ0v) is 8.71. The van der Waals surface area contributed by atoms with Crippen LogP contribution in [0.1, 0.15) is 38.3 Å². The van der Waals surface area contributed by atoms with Crippen LogP contribution in [-0.2, 0) is 6.42 Å². The molecule has 0 fully saturated rings. The van der Waals surface area contributed by atoms with Gasteiger partial charge in [0.2, 0.25) is 5.88 Å². The van der Waals surface area contributed by atoms with E-state index in [0.717, 1.165) is 18.5 Å². The molecule has 0 unspecified atom stereocenters. The minimum Gasteiger partial charge on any atom is -0.493 e. The Morgan fingerprint density at radius 2 is 2.00 bits per heavy atom. The van der Waals surface area contributed by atoms with Gasteiger partial charge in [0.15, 0.2) is 4.77 Å². The Morgan fingerprint density at radius 1 is 1.23 bits per heavy atom. The van der Waals surface area contributed by atoms with Gasteiger partial charge in [-0.3, -0.25) is 0 Å². The summed E-state index contributed by atoms with van der Waals surface area (Å²) < 4.78 is 0.503. The highest BCUT2D eigenvalue weighted by molar-refractivity contribution is 7.71. The molecule has 0 radical (unpaired) electrons. The SMILES string of the molecule is CCCCCCc1[nH]c(=S)[nH]c1O. The zero-order chi connectivity index (χ0) is 9.68. The van der Waals surface area contributed by atoms with Gasteiger partial charge in [0.25, 0.3) is 0 Å². The van der Waals surface area contributed by atoms with Crippen molar-refractivity contribution in [2.75, 3.05) is 0 Å². The maximum atomic E-state index is 9.33. The van der Waals surface area contributed by atoms with Crippen LogP contribution in [0.3, 0.4) is 0 Å². The van der Waals surface area contributed by atoms with E-state index in [-0.39, 0.29) is 5.88 Å². The predicted octanol–water partition coefficient (Wildman–Crippen LogP) is 2.90. The molecule has 0 saturated heterocycles. The van der Waals surface area contributed by atoms with E-state index in [0.29, 0.717) is 4.77 Å². The molecule has 3 N–H and O–H groups in total. The van der Waals surface area contributed by atoms with Gasteiger partial charge >= 0.3 is 0 Å². The number of aromatic hydroxyl groups is 1. The van der Waals surface area contributed by atoms with Gasteiger partial charge in [-0.2, -0.15) is 0 Å². The van der Waals surface area contributed by atoms with Crippen molar-refractivity contribution >= 4 is 12.2 Å². The number of unbranched alkanes of at least 4 members (excludes halogenated alkanes) is 3. The molecule has 0 bridgehead atoms. The summed E-state index contributed by atoms with van der Waals surface area (Å²) in [4.78, 5) is 5.59. The lowest BCUT2D eigenvalue weighted by Crippen LogP contribution is -1.86. The average molecular weight is 200 g/mol. The van der Waals surface area contributed by atoms with Gasteiger partial charge in [0.1, 0.15) is 0 Å². The molecule has 3 nitrogen and oxygen atoms in total. The fraction of sp³-hybridized carbons (Fsp3) is 0.667. The first-order chi connectivity index (χ1) is 6.24. The minimum absolute atomic E-state index is 0.196. The smallest absolute Gasteiger partial charge is 0.210 e. The second-order valence-corrected chi connectivity index (χ2v) is 3.63. The number of rotatable bonds is 5. The molecule has 1 rings (SSSR count). The molecule has 1 heterocycles. The Hall–Kier alpha value is -0.770. The molecule has 4 heteroatoms. The Kier molecular flexibility index (Phi) is 4.02. The van der Waals surface area contributed by atoms with Crippen molar-refractivity contribution in [1.82, 2.24) is 9.97 Å². The second kappa shape index (κ2) is 5.07. The van der Waals surface area contributed by atoms with Gasteiger partial charge in [0, 0.05) is 0 Å². The van der Waals surface area contributed by atoms with Crippen molar-refractivity contribution in [3.8, 4) is 5.88 Å². The van der Waals surface area contributed by atoms with Gasteiger partial charge in [-0.25, -0.2) is 0 Å². The molecular weight excluding hydrogens is 184 g/mol. The fourth-order valence-electron chi connectivity index (χ4n) is 1.32. The molecular formula is C9H16N2OS. The van der Waals surface area contributed by atoms with E-state index < -0.39 is 0 Å². The zero-order valence-electron chi connectivity index (χ0n) is 7.89. The first kappa shape index (κ1) is 10.3. The maximum Gasteiger partial charge on any atom is 0.210 e. The van der Waals surface area contributed by atoms with E-state index in [1.807, 2.05) is 0 Å². The molecule has 0 spiro atoms. The van der Waals surface area contributed by atoms with Crippen molar-refractivity contribution in [3.05, 3.63) is 10.5 Å². The Bertz CT molecular complexity index is 303. The average Bonchev–Trinajstić information content (AvgIpc) is 2.39. The Labute approximate surface area is 83.2 Å². The summed E-state index contributed by atoms with van der Waals surface area (Å²) >= 11 is 4.85. The van der Waals surface area contributed by atoms with Crippen molar-refractivity contribution in [2.24, 2.45) is 0 Å². The van der Waals surface area contributed by atoms with Crippen molar-refractivity contribution in [1.29, 1.82) is 0 Å². The van der Waals surface area contributed by atoms with E-state index in [2.05, 4.69) is 16.9 Å². The third kappa shape index (κ3) is 3.22. The topological polar surface area (TPSA) is 51.8 Å². The van der Waals surface area contributed by atoms with E-state index in [4.69, 9.17) is 12.2 Å². The van der Waals surface area contributed by atoms with Crippen LogP contribution in [0.5, 0.6) is 5.88 Å². The molecule has 0 aliphatic heterocycles. The summed E-state index contributed by atoms with van der Waals surface area (Å²) in [5.41, 5.74) is 0.834. The maximum absolute atomic E-state index is 9.33. The van der Waals surface area contributed by atoms with Gasteiger partial charge in [-0.15, -0.1) is 0 Å². The first-order valence-corrected chi connectivity index (χ1v) is 5.15. The molecule has 0 atom stereocenters. The number of hydrogen-bond acceptors (Lipinski definition) is 2. The van der Waals surface area contributed by atoms with Crippen LogP contribution in [0.4, 0.5) is 0 Å². The highest BCUT2D eigenvalue weighted by Gasteiger charge is 2.02. The summed E-state index contributed by atoms with van der Waals surface area (Å²) in [6.07, 6.45) is 5.67. The predicted molar refractivity (Wildman–Crippen MR) is 55.5 cm³/mol. The number of imidazole rings is 1. The van der Waals surface area contributed by atoms with E-state index in [1.165, 1.54) is 19.3 Å². The molecule has 1 aromatic rings. The summed E-state index contributed by atoms with van der Waals surface area (Å²) in [5, 5.41) is 9.33. The number of hydrogen-bond donors (Lipinski definition) is 3. The lowest BCUT2D eigenvalue weighted by molar-refractivity contribution is 0.447. The lowest BCUT2D eigenvalue weighted by atomic mass is 10.1. The molecule has 74 valence electrons. The number of aromatic amines is 2. The van der Waals surface area contributed by atoms with Crippen LogP contribution in [0.15, 0.2) is 0 Å². The number of H-pyrrole nitrogens is 2. The molecule has 13 heavy (non-hydrogen) atoms. The van der Waals surface area contributed by atoms with Crippen LogP contribution in [0.2, 0.25) is 0 Å². The lowest BCUT2D eigenvalue weighted by Gasteiger charge is -1.97. The highest BCUT2D eigenvalue weighted by Crippen LogP contribution is 2.14. The summed E-state index contributed by atoms with van der Waals surface area (Å²) in [6, 6.07) is 0. The van der Waals surface area contributed by atoms with Gasteiger partial charge in [-0.1, -0.05) is 26.2 Å². The standard InChI is InChI=1S/C9H16N2OS/c1-2-3-4-5-6-7-8(12)11-9(13)10-7/h12H,2-6H2,1H3,(H2,10,11,13). The third-order valence-corrected chi connectivity index (χ3v) is 2.27. The molecule has 0 amide bonds. The summed E-state index contributed by atoms with van der Waals surface area (Å²) in [6.45, 7) is 2.18. The van der Waals surface area contributed by atoms with Crippen LogP contribution in [0.25, 0.3) is 0 Å². The van der Waals surface area contributed by atoms with Crippen molar-refractivity contribution in [2.45, 2.75) is 39.0 Å².